The van der Waals surface area contributed by atoms with Gasteiger partial charge in [0.25, 0.3) is 5.91 Å². The number of hydrogen-bond donors (Lipinski definition) is 1. The molecule has 5 nitrogen and oxygen atoms in total. The summed E-state index contributed by atoms with van der Waals surface area (Å²) in [7, 11) is 4.50. The zero-order valence-electron chi connectivity index (χ0n) is 8.33. The van der Waals surface area contributed by atoms with Crippen LogP contribution in [0, 0.1) is 0 Å². The Morgan fingerprint density at radius 2 is 2.07 bits per heavy atom. The second kappa shape index (κ2) is 4.45. The molecule has 0 saturated carbocycles. The Balaban J connectivity index is 3.11. The van der Waals surface area contributed by atoms with Crippen LogP contribution in [0.4, 0.5) is 0 Å². The Morgan fingerprint density at radius 3 is 2.57 bits per heavy atom. The number of hydrogen-bond acceptors (Lipinski definition) is 4. The van der Waals surface area contributed by atoms with Gasteiger partial charge in [-0.1, -0.05) is 0 Å². The maximum atomic E-state index is 11.3. The molecular weight excluding hydrogens is 184 g/mol. The minimum Gasteiger partial charge on any atom is -0.481 e. The van der Waals surface area contributed by atoms with Gasteiger partial charge in [0.15, 0.2) is 0 Å². The van der Waals surface area contributed by atoms with E-state index in [1.807, 2.05) is 0 Å². The minimum absolute atomic E-state index is 0.239. The van der Waals surface area contributed by atoms with Gasteiger partial charge in [-0.15, -0.1) is 0 Å². The monoisotopic (exact) mass is 196 g/mol. The van der Waals surface area contributed by atoms with Crippen molar-refractivity contribution in [2.75, 3.05) is 21.3 Å². The van der Waals surface area contributed by atoms with Crippen LogP contribution >= 0.6 is 0 Å². The molecule has 0 saturated heterocycles. The van der Waals surface area contributed by atoms with Crippen LogP contribution in [0.3, 0.4) is 0 Å². The molecule has 1 aromatic rings. The molecule has 1 N–H and O–H groups in total. The Bertz CT molecular complexity index is 339. The van der Waals surface area contributed by atoms with Crippen LogP contribution in [0.5, 0.6) is 11.8 Å². The SMILES string of the molecule is CNC(=O)c1ccc(OC)nc1OC. The number of nitrogens with zero attached hydrogens (tertiary/aromatic N) is 1. The smallest absolute Gasteiger partial charge is 0.256 e. The van der Waals surface area contributed by atoms with Crippen molar-refractivity contribution < 1.29 is 14.3 Å². The highest BCUT2D eigenvalue weighted by Crippen LogP contribution is 2.19. The van der Waals surface area contributed by atoms with E-state index in [0.29, 0.717) is 11.4 Å². The fourth-order valence-corrected chi connectivity index (χ4v) is 1.00. The van der Waals surface area contributed by atoms with Gasteiger partial charge in [0.2, 0.25) is 11.8 Å². The Hall–Kier alpha value is -1.78. The van der Waals surface area contributed by atoms with Gasteiger partial charge in [-0.3, -0.25) is 4.79 Å². The number of carbonyl (C=O) groups is 1. The summed E-state index contributed by atoms with van der Waals surface area (Å²) < 4.78 is 9.86. The van der Waals surface area contributed by atoms with Crippen LogP contribution in [0.2, 0.25) is 0 Å². The van der Waals surface area contributed by atoms with Crippen molar-refractivity contribution in [3.63, 3.8) is 0 Å². The predicted molar refractivity (Wildman–Crippen MR) is 50.7 cm³/mol. The predicted octanol–water partition coefficient (Wildman–Crippen LogP) is 0.458. The van der Waals surface area contributed by atoms with Crippen molar-refractivity contribution in [1.82, 2.24) is 10.3 Å². The molecule has 0 aliphatic heterocycles. The largest absolute Gasteiger partial charge is 0.481 e. The highest BCUT2D eigenvalue weighted by Gasteiger charge is 2.12. The first-order valence-electron chi connectivity index (χ1n) is 4.04. The molecule has 0 unspecified atom stereocenters. The van der Waals surface area contributed by atoms with Crippen LogP contribution in [0.1, 0.15) is 10.4 Å². The lowest BCUT2D eigenvalue weighted by molar-refractivity contribution is 0.0959. The zero-order chi connectivity index (χ0) is 10.6. The highest BCUT2D eigenvalue weighted by atomic mass is 16.5. The van der Waals surface area contributed by atoms with Crippen molar-refractivity contribution >= 4 is 5.91 Å². The summed E-state index contributed by atoms with van der Waals surface area (Å²) in [5, 5.41) is 2.49. The van der Waals surface area contributed by atoms with E-state index < -0.39 is 0 Å². The molecule has 76 valence electrons. The second-order valence-electron chi connectivity index (χ2n) is 2.49. The van der Waals surface area contributed by atoms with Gasteiger partial charge in [0.05, 0.1) is 14.2 Å². The highest BCUT2D eigenvalue weighted by molar-refractivity contribution is 5.96. The number of carbonyl (C=O) groups excluding carboxylic acids is 1. The average Bonchev–Trinajstić information content (AvgIpc) is 2.27. The quantitative estimate of drug-likeness (QED) is 0.762. The molecule has 1 rings (SSSR count). The van der Waals surface area contributed by atoms with E-state index in [9.17, 15) is 4.79 Å². The second-order valence-corrected chi connectivity index (χ2v) is 2.49. The van der Waals surface area contributed by atoms with E-state index in [1.54, 1.807) is 19.2 Å². The standard InChI is InChI=1S/C9H12N2O3/c1-10-8(12)6-4-5-7(13-2)11-9(6)14-3/h4-5H,1-3H3,(H,10,12). The summed E-state index contributed by atoms with van der Waals surface area (Å²) in [6.45, 7) is 0. The van der Waals surface area contributed by atoms with Crippen LogP contribution < -0.4 is 14.8 Å². The van der Waals surface area contributed by atoms with Crippen molar-refractivity contribution in [3.05, 3.63) is 17.7 Å². The van der Waals surface area contributed by atoms with Gasteiger partial charge >= 0.3 is 0 Å². The van der Waals surface area contributed by atoms with E-state index in [0.717, 1.165) is 0 Å². The molecule has 0 aliphatic rings. The molecule has 1 heterocycles. The third-order valence-corrected chi connectivity index (χ3v) is 1.71. The van der Waals surface area contributed by atoms with E-state index >= 15 is 0 Å². The summed E-state index contributed by atoms with van der Waals surface area (Å²) >= 11 is 0. The first kappa shape index (κ1) is 10.3. The molecule has 0 spiro atoms. The van der Waals surface area contributed by atoms with Crippen molar-refractivity contribution in [2.24, 2.45) is 0 Å². The van der Waals surface area contributed by atoms with E-state index in [-0.39, 0.29) is 11.8 Å². The normalized spacial score (nSPS) is 9.36. The maximum absolute atomic E-state index is 11.3. The van der Waals surface area contributed by atoms with Gasteiger partial charge in [-0.25, -0.2) is 0 Å². The fourth-order valence-electron chi connectivity index (χ4n) is 1.00. The number of methoxy groups -OCH3 is 2. The summed E-state index contributed by atoms with van der Waals surface area (Å²) in [5.74, 6) is 0.426. The van der Waals surface area contributed by atoms with E-state index in [1.165, 1.54) is 14.2 Å². The molecule has 5 heteroatoms. The molecular formula is C9H12N2O3. The number of nitrogens with one attached hydrogen (secondary N) is 1. The third kappa shape index (κ3) is 1.93. The first-order valence-corrected chi connectivity index (χ1v) is 4.04. The molecule has 0 aromatic carbocycles. The first-order chi connectivity index (χ1) is 6.72. The van der Waals surface area contributed by atoms with Gasteiger partial charge < -0.3 is 14.8 Å². The van der Waals surface area contributed by atoms with Crippen molar-refractivity contribution in [1.29, 1.82) is 0 Å². The molecule has 0 fully saturated rings. The van der Waals surface area contributed by atoms with Gasteiger partial charge in [-0.05, 0) is 6.07 Å². The van der Waals surface area contributed by atoms with E-state index in [4.69, 9.17) is 9.47 Å². The van der Waals surface area contributed by atoms with Gasteiger partial charge in [-0.2, -0.15) is 4.98 Å². The maximum Gasteiger partial charge on any atom is 0.256 e. The fraction of sp³-hybridized carbons (Fsp3) is 0.333. The Morgan fingerprint density at radius 1 is 1.36 bits per heavy atom. The topological polar surface area (TPSA) is 60.5 Å². The summed E-state index contributed by atoms with van der Waals surface area (Å²) in [5.41, 5.74) is 0.385. The van der Waals surface area contributed by atoms with Gasteiger partial charge in [0.1, 0.15) is 5.56 Å². The lowest BCUT2D eigenvalue weighted by Crippen LogP contribution is -2.19. The van der Waals surface area contributed by atoms with Crippen molar-refractivity contribution in [3.8, 4) is 11.8 Å². The Kier molecular flexibility index (Phi) is 3.28. The summed E-state index contributed by atoms with van der Waals surface area (Å²) in [6.07, 6.45) is 0. The summed E-state index contributed by atoms with van der Waals surface area (Å²) in [4.78, 5) is 15.3. The van der Waals surface area contributed by atoms with Crippen molar-refractivity contribution in [2.45, 2.75) is 0 Å². The molecule has 0 bridgehead atoms. The number of ether oxygens (including phenoxy) is 2. The minimum atomic E-state index is -0.239. The van der Waals surface area contributed by atoms with Crippen LogP contribution in [-0.4, -0.2) is 32.2 Å². The molecule has 0 aliphatic carbocycles. The van der Waals surface area contributed by atoms with E-state index in [2.05, 4.69) is 10.3 Å². The molecule has 0 atom stereocenters. The molecule has 0 radical (unpaired) electrons. The van der Waals surface area contributed by atoms with Crippen LogP contribution in [0.25, 0.3) is 0 Å². The average molecular weight is 196 g/mol. The zero-order valence-corrected chi connectivity index (χ0v) is 8.33. The van der Waals surface area contributed by atoms with Crippen LogP contribution in [-0.2, 0) is 0 Å². The Labute approximate surface area is 82.0 Å². The number of pyridine rings is 1. The van der Waals surface area contributed by atoms with Gasteiger partial charge in [0, 0.05) is 13.1 Å². The third-order valence-electron chi connectivity index (χ3n) is 1.71. The summed E-state index contributed by atoms with van der Waals surface area (Å²) in [6, 6.07) is 3.20. The molecule has 1 amide bonds. The molecule has 1 aromatic heterocycles. The number of rotatable bonds is 3. The lowest BCUT2D eigenvalue weighted by atomic mass is 10.2. The number of amides is 1. The van der Waals surface area contributed by atoms with Crippen LogP contribution in [0.15, 0.2) is 12.1 Å². The molecule has 14 heavy (non-hydrogen) atoms. The number of aromatic nitrogens is 1. The lowest BCUT2D eigenvalue weighted by Gasteiger charge is -2.07.